The zero-order valence-corrected chi connectivity index (χ0v) is 16.2. The molecule has 0 fully saturated rings. The standard InChI is InChI=1S/C24H23FN2O2/c1-16-4-5-18-14-19(24(28)27-22(18)13-16)15-26-11-10-21(23-3-2-12-29-23)17-6-8-20(25)9-7-17/h2-9,12-14,21,26H,10-11,15H2,1H3,(H,27,28). The van der Waals surface area contributed by atoms with Gasteiger partial charge in [0.25, 0.3) is 5.56 Å². The number of halogens is 1. The fraction of sp³-hybridized carbons (Fsp3) is 0.208. The largest absolute Gasteiger partial charge is 0.469 e. The predicted molar refractivity (Wildman–Crippen MR) is 113 cm³/mol. The van der Waals surface area contributed by atoms with E-state index in [2.05, 4.69) is 10.3 Å². The predicted octanol–water partition coefficient (Wildman–Crippen LogP) is 4.88. The number of hydrogen-bond donors (Lipinski definition) is 2. The molecule has 148 valence electrons. The van der Waals surface area contributed by atoms with Crippen LogP contribution in [-0.4, -0.2) is 11.5 Å². The van der Waals surface area contributed by atoms with E-state index >= 15 is 0 Å². The molecule has 4 rings (SSSR count). The number of nitrogens with one attached hydrogen (secondary N) is 2. The first-order valence-electron chi connectivity index (χ1n) is 9.72. The first-order chi connectivity index (χ1) is 14.1. The Morgan fingerprint density at radius 2 is 1.93 bits per heavy atom. The SMILES string of the molecule is Cc1ccc2cc(CNCCC(c3ccc(F)cc3)c3ccco3)c(=O)[nH]c2c1. The summed E-state index contributed by atoms with van der Waals surface area (Å²) < 4.78 is 18.9. The van der Waals surface area contributed by atoms with Crippen LogP contribution in [-0.2, 0) is 6.54 Å². The van der Waals surface area contributed by atoms with E-state index in [-0.39, 0.29) is 17.3 Å². The Balaban J connectivity index is 1.44. The molecule has 2 aromatic heterocycles. The molecular weight excluding hydrogens is 367 g/mol. The highest BCUT2D eigenvalue weighted by atomic mass is 19.1. The Kier molecular flexibility index (Phi) is 5.58. The Morgan fingerprint density at radius 3 is 2.69 bits per heavy atom. The number of hydrogen-bond acceptors (Lipinski definition) is 3. The van der Waals surface area contributed by atoms with Gasteiger partial charge in [-0.15, -0.1) is 0 Å². The minimum Gasteiger partial charge on any atom is -0.469 e. The third-order valence-corrected chi connectivity index (χ3v) is 5.16. The van der Waals surface area contributed by atoms with Crippen molar-refractivity contribution in [3.05, 3.63) is 106 Å². The van der Waals surface area contributed by atoms with Crippen molar-refractivity contribution in [2.24, 2.45) is 0 Å². The van der Waals surface area contributed by atoms with Gasteiger partial charge in [0.1, 0.15) is 11.6 Å². The normalized spacial score (nSPS) is 12.3. The Labute approximate surface area is 168 Å². The second kappa shape index (κ2) is 8.45. The number of aromatic amines is 1. The van der Waals surface area contributed by atoms with Crippen molar-refractivity contribution in [1.82, 2.24) is 10.3 Å². The molecule has 2 aromatic carbocycles. The molecule has 0 spiro atoms. The van der Waals surface area contributed by atoms with E-state index in [0.29, 0.717) is 18.7 Å². The van der Waals surface area contributed by atoms with Crippen LogP contribution in [0.1, 0.15) is 34.8 Å². The second-order valence-corrected chi connectivity index (χ2v) is 7.30. The van der Waals surface area contributed by atoms with E-state index in [0.717, 1.165) is 34.2 Å². The molecule has 1 unspecified atom stereocenters. The van der Waals surface area contributed by atoms with Crippen LogP contribution >= 0.6 is 0 Å². The van der Waals surface area contributed by atoms with Gasteiger partial charge in [0.2, 0.25) is 0 Å². The van der Waals surface area contributed by atoms with Crippen molar-refractivity contribution < 1.29 is 8.81 Å². The number of aryl methyl sites for hydroxylation is 1. The second-order valence-electron chi connectivity index (χ2n) is 7.30. The maximum atomic E-state index is 13.3. The number of furan rings is 1. The third kappa shape index (κ3) is 4.46. The molecule has 0 saturated carbocycles. The molecule has 0 aliphatic heterocycles. The van der Waals surface area contributed by atoms with Gasteiger partial charge in [-0.1, -0.05) is 24.3 Å². The molecule has 1 atom stereocenters. The number of benzene rings is 2. The number of pyridine rings is 1. The molecule has 0 radical (unpaired) electrons. The summed E-state index contributed by atoms with van der Waals surface area (Å²) in [5.41, 5.74) is 3.60. The van der Waals surface area contributed by atoms with Crippen molar-refractivity contribution in [2.75, 3.05) is 6.54 Å². The van der Waals surface area contributed by atoms with E-state index in [1.165, 1.54) is 12.1 Å². The number of aromatic nitrogens is 1. The maximum Gasteiger partial charge on any atom is 0.252 e. The first-order valence-corrected chi connectivity index (χ1v) is 9.72. The van der Waals surface area contributed by atoms with Crippen LogP contribution in [0, 0.1) is 12.7 Å². The maximum absolute atomic E-state index is 13.3. The monoisotopic (exact) mass is 390 g/mol. The number of fused-ring (bicyclic) bond motifs is 1. The fourth-order valence-electron chi connectivity index (χ4n) is 3.62. The lowest BCUT2D eigenvalue weighted by Gasteiger charge is -2.16. The van der Waals surface area contributed by atoms with Crippen LogP contribution in [0.5, 0.6) is 0 Å². The Hall–Kier alpha value is -3.18. The number of H-pyrrole nitrogens is 1. The molecule has 0 bridgehead atoms. The molecule has 0 saturated heterocycles. The van der Waals surface area contributed by atoms with Gasteiger partial charge in [0, 0.05) is 23.5 Å². The molecule has 4 aromatic rings. The smallest absolute Gasteiger partial charge is 0.252 e. The lowest BCUT2D eigenvalue weighted by Crippen LogP contribution is -2.23. The Bertz CT molecular complexity index is 1150. The summed E-state index contributed by atoms with van der Waals surface area (Å²) in [5.74, 6) is 0.615. The van der Waals surface area contributed by atoms with Gasteiger partial charge in [-0.25, -0.2) is 4.39 Å². The Morgan fingerprint density at radius 1 is 1.10 bits per heavy atom. The van der Waals surface area contributed by atoms with Crippen LogP contribution in [0.25, 0.3) is 10.9 Å². The highest BCUT2D eigenvalue weighted by molar-refractivity contribution is 5.79. The molecule has 5 heteroatoms. The van der Waals surface area contributed by atoms with Gasteiger partial charge in [0.05, 0.1) is 6.26 Å². The van der Waals surface area contributed by atoms with Crippen LogP contribution in [0.4, 0.5) is 4.39 Å². The van der Waals surface area contributed by atoms with Crippen LogP contribution in [0.15, 0.2) is 76.1 Å². The average Bonchev–Trinajstić information content (AvgIpc) is 3.24. The van der Waals surface area contributed by atoms with Crippen molar-refractivity contribution in [3.63, 3.8) is 0 Å². The number of rotatable bonds is 7. The fourth-order valence-corrected chi connectivity index (χ4v) is 3.62. The molecule has 2 heterocycles. The topological polar surface area (TPSA) is 58.0 Å². The average molecular weight is 390 g/mol. The van der Waals surface area contributed by atoms with Gasteiger partial charge >= 0.3 is 0 Å². The van der Waals surface area contributed by atoms with Gasteiger partial charge in [0.15, 0.2) is 0 Å². The molecule has 0 aliphatic carbocycles. The van der Waals surface area contributed by atoms with Gasteiger partial charge < -0.3 is 14.7 Å². The summed E-state index contributed by atoms with van der Waals surface area (Å²) in [5, 5.41) is 4.38. The summed E-state index contributed by atoms with van der Waals surface area (Å²) in [4.78, 5) is 15.3. The van der Waals surface area contributed by atoms with E-state index < -0.39 is 0 Å². The lowest BCUT2D eigenvalue weighted by molar-refractivity contribution is 0.466. The van der Waals surface area contributed by atoms with Crippen LogP contribution in [0.2, 0.25) is 0 Å². The summed E-state index contributed by atoms with van der Waals surface area (Å²) in [6, 6.07) is 18.3. The van der Waals surface area contributed by atoms with E-state index in [1.54, 1.807) is 18.4 Å². The van der Waals surface area contributed by atoms with Gasteiger partial charge in [-0.2, -0.15) is 0 Å². The van der Waals surface area contributed by atoms with Crippen molar-refractivity contribution in [2.45, 2.75) is 25.8 Å². The van der Waals surface area contributed by atoms with Crippen molar-refractivity contribution in [3.8, 4) is 0 Å². The lowest BCUT2D eigenvalue weighted by atomic mass is 9.93. The van der Waals surface area contributed by atoms with Crippen molar-refractivity contribution >= 4 is 10.9 Å². The van der Waals surface area contributed by atoms with Crippen LogP contribution < -0.4 is 10.9 Å². The van der Waals surface area contributed by atoms with Crippen molar-refractivity contribution in [1.29, 1.82) is 0 Å². The molecule has 29 heavy (non-hydrogen) atoms. The quantitative estimate of drug-likeness (QED) is 0.442. The molecule has 2 N–H and O–H groups in total. The molecule has 4 nitrogen and oxygen atoms in total. The first kappa shape index (κ1) is 19.2. The molecule has 0 aliphatic rings. The van der Waals surface area contributed by atoms with Gasteiger partial charge in [-0.05, 0) is 72.8 Å². The van der Waals surface area contributed by atoms with E-state index in [1.807, 2.05) is 43.3 Å². The zero-order chi connectivity index (χ0) is 20.2. The minimum atomic E-state index is -0.254. The highest BCUT2D eigenvalue weighted by Gasteiger charge is 2.17. The highest BCUT2D eigenvalue weighted by Crippen LogP contribution is 2.28. The minimum absolute atomic E-state index is 0.0240. The summed E-state index contributed by atoms with van der Waals surface area (Å²) in [7, 11) is 0. The van der Waals surface area contributed by atoms with E-state index in [4.69, 9.17) is 4.42 Å². The summed E-state index contributed by atoms with van der Waals surface area (Å²) in [6.07, 6.45) is 2.42. The summed E-state index contributed by atoms with van der Waals surface area (Å²) >= 11 is 0. The zero-order valence-electron chi connectivity index (χ0n) is 16.2. The molecule has 0 amide bonds. The molecular formula is C24H23FN2O2. The van der Waals surface area contributed by atoms with E-state index in [9.17, 15) is 9.18 Å². The van der Waals surface area contributed by atoms with Gasteiger partial charge in [-0.3, -0.25) is 4.79 Å². The van der Waals surface area contributed by atoms with Crippen LogP contribution in [0.3, 0.4) is 0 Å². The third-order valence-electron chi connectivity index (χ3n) is 5.16. The summed E-state index contributed by atoms with van der Waals surface area (Å²) in [6.45, 7) is 3.17.